The first kappa shape index (κ1) is 14.6. The number of fused-ring (bicyclic) bond motifs is 1. The van der Waals surface area contributed by atoms with Crippen LogP contribution >= 0.6 is 23.1 Å². The van der Waals surface area contributed by atoms with Crippen molar-refractivity contribution in [2.24, 2.45) is 0 Å². The van der Waals surface area contributed by atoms with Crippen molar-refractivity contribution in [2.45, 2.75) is 24.6 Å². The third-order valence-corrected chi connectivity index (χ3v) is 5.78. The second-order valence-electron chi connectivity index (χ2n) is 5.04. The number of carbonyl (C=O) groups is 1. The summed E-state index contributed by atoms with van der Waals surface area (Å²) in [4.78, 5) is 13.0. The van der Waals surface area contributed by atoms with Crippen LogP contribution in [0.15, 0.2) is 35.7 Å². The minimum absolute atomic E-state index is 0.0400. The van der Waals surface area contributed by atoms with Crippen molar-refractivity contribution in [3.63, 3.8) is 0 Å². The first-order valence-electron chi connectivity index (χ1n) is 6.91. The molecule has 1 atom stereocenters. The van der Waals surface area contributed by atoms with Crippen molar-refractivity contribution >= 4 is 29.0 Å². The van der Waals surface area contributed by atoms with Gasteiger partial charge in [-0.15, -0.1) is 23.1 Å². The van der Waals surface area contributed by atoms with Crippen LogP contribution in [0.1, 0.15) is 27.7 Å². The number of hydrogen-bond acceptors (Lipinski definition) is 3. The minimum atomic E-state index is -0.191. The molecule has 1 N–H and O–H groups in total. The van der Waals surface area contributed by atoms with E-state index in [0.717, 1.165) is 23.3 Å². The lowest BCUT2D eigenvalue weighted by Crippen LogP contribution is -2.24. The first-order valence-corrected chi connectivity index (χ1v) is 8.84. The van der Waals surface area contributed by atoms with Crippen LogP contribution in [0.4, 0.5) is 4.39 Å². The van der Waals surface area contributed by atoms with Crippen molar-refractivity contribution in [1.29, 1.82) is 0 Å². The summed E-state index contributed by atoms with van der Waals surface area (Å²) in [5.74, 6) is 0.271. The maximum atomic E-state index is 13.3. The lowest BCUT2D eigenvalue weighted by molar-refractivity contribution is -0.118. The molecule has 3 rings (SSSR count). The molecule has 1 amide bonds. The Labute approximate surface area is 131 Å². The molecule has 1 aromatic heterocycles. The second kappa shape index (κ2) is 6.62. The summed E-state index contributed by atoms with van der Waals surface area (Å²) in [6, 6.07) is 8.98. The van der Waals surface area contributed by atoms with E-state index in [1.165, 1.54) is 11.6 Å². The Morgan fingerprint density at radius 3 is 3.14 bits per heavy atom. The van der Waals surface area contributed by atoms with Gasteiger partial charge in [-0.2, -0.15) is 0 Å². The monoisotopic (exact) mass is 321 g/mol. The van der Waals surface area contributed by atoms with Gasteiger partial charge in [0.1, 0.15) is 5.82 Å². The third kappa shape index (κ3) is 3.66. The summed E-state index contributed by atoms with van der Waals surface area (Å²) in [6.45, 7) is 0.590. The predicted octanol–water partition coefficient (Wildman–Crippen LogP) is 3.92. The molecule has 1 aliphatic carbocycles. The Hall–Kier alpha value is -1.33. The average Bonchev–Trinajstić information content (AvgIpc) is 3.12. The van der Waals surface area contributed by atoms with Crippen molar-refractivity contribution in [3.05, 3.63) is 57.5 Å². The van der Waals surface area contributed by atoms with E-state index in [-0.39, 0.29) is 17.0 Å². The highest BCUT2D eigenvalue weighted by Crippen LogP contribution is 2.41. The summed E-state index contributed by atoms with van der Waals surface area (Å²) in [5.41, 5.74) is 2.28. The number of halogens is 1. The van der Waals surface area contributed by atoms with Gasteiger partial charge in [0, 0.05) is 10.1 Å². The van der Waals surface area contributed by atoms with Crippen LogP contribution in [0.2, 0.25) is 0 Å². The Balaban J connectivity index is 1.50. The predicted molar refractivity (Wildman–Crippen MR) is 86.1 cm³/mol. The van der Waals surface area contributed by atoms with Crippen LogP contribution in [-0.2, 0) is 17.8 Å². The molecule has 1 heterocycles. The van der Waals surface area contributed by atoms with Gasteiger partial charge in [0.05, 0.1) is 12.3 Å². The molecule has 0 spiro atoms. The van der Waals surface area contributed by atoms with Gasteiger partial charge in [0.25, 0.3) is 0 Å². The van der Waals surface area contributed by atoms with Crippen molar-refractivity contribution in [2.75, 3.05) is 5.75 Å². The van der Waals surface area contributed by atoms with Gasteiger partial charge in [-0.1, -0.05) is 12.1 Å². The number of benzene rings is 1. The average molecular weight is 321 g/mol. The lowest BCUT2D eigenvalue weighted by Gasteiger charge is -2.11. The largest absolute Gasteiger partial charge is 0.350 e. The molecule has 2 aromatic rings. The Kier molecular flexibility index (Phi) is 4.60. The Morgan fingerprint density at radius 1 is 1.43 bits per heavy atom. The van der Waals surface area contributed by atoms with Crippen LogP contribution < -0.4 is 5.32 Å². The number of aryl methyl sites for hydroxylation is 1. The fraction of sp³-hybridized carbons (Fsp3) is 0.312. The molecule has 110 valence electrons. The van der Waals surface area contributed by atoms with Gasteiger partial charge in [-0.05, 0) is 47.5 Å². The van der Waals surface area contributed by atoms with Crippen LogP contribution in [0.5, 0.6) is 0 Å². The summed E-state index contributed by atoms with van der Waals surface area (Å²) >= 11 is 3.24. The molecule has 0 fully saturated rings. The number of carbonyl (C=O) groups excluding carboxylic acids is 1. The van der Waals surface area contributed by atoms with E-state index in [4.69, 9.17) is 0 Å². The summed E-state index contributed by atoms with van der Waals surface area (Å²) in [7, 11) is 0. The molecule has 1 aliphatic rings. The minimum Gasteiger partial charge on any atom is -0.350 e. The smallest absolute Gasteiger partial charge is 0.230 e. The zero-order valence-corrected chi connectivity index (χ0v) is 13.1. The summed E-state index contributed by atoms with van der Waals surface area (Å²) in [5, 5.41) is 5.16. The number of thioether (sulfide) groups is 1. The Bertz CT molecular complexity index is 627. The van der Waals surface area contributed by atoms with E-state index in [9.17, 15) is 9.18 Å². The zero-order chi connectivity index (χ0) is 14.7. The normalized spacial score (nSPS) is 16.7. The number of amides is 1. The number of hydrogen-bond donors (Lipinski definition) is 1. The van der Waals surface area contributed by atoms with Crippen LogP contribution in [0.3, 0.4) is 0 Å². The molecule has 0 aliphatic heterocycles. The molecule has 0 saturated carbocycles. The second-order valence-corrected chi connectivity index (χ2v) is 7.26. The van der Waals surface area contributed by atoms with Gasteiger partial charge in [-0.25, -0.2) is 4.39 Å². The molecule has 2 nitrogen and oxygen atoms in total. The SMILES string of the molecule is O=C(CSC1CCc2ccc(F)cc21)NCc1cccs1. The van der Waals surface area contributed by atoms with Gasteiger partial charge < -0.3 is 5.32 Å². The topological polar surface area (TPSA) is 29.1 Å². The highest BCUT2D eigenvalue weighted by atomic mass is 32.2. The number of rotatable bonds is 5. The van der Waals surface area contributed by atoms with Gasteiger partial charge in [0.15, 0.2) is 0 Å². The number of nitrogens with one attached hydrogen (secondary N) is 1. The molecule has 0 bridgehead atoms. The molecule has 1 unspecified atom stereocenters. The van der Waals surface area contributed by atoms with Crippen molar-refractivity contribution in [3.8, 4) is 0 Å². The molecular weight excluding hydrogens is 305 g/mol. The van der Waals surface area contributed by atoms with Crippen LogP contribution in [0.25, 0.3) is 0 Å². The van der Waals surface area contributed by atoms with Crippen molar-refractivity contribution < 1.29 is 9.18 Å². The highest BCUT2D eigenvalue weighted by molar-refractivity contribution is 8.00. The molecule has 5 heteroatoms. The molecule has 0 radical (unpaired) electrons. The fourth-order valence-electron chi connectivity index (χ4n) is 2.53. The third-order valence-electron chi connectivity index (χ3n) is 3.59. The van der Waals surface area contributed by atoms with Crippen molar-refractivity contribution in [1.82, 2.24) is 5.32 Å². The highest BCUT2D eigenvalue weighted by Gasteiger charge is 2.23. The van der Waals surface area contributed by atoms with Gasteiger partial charge in [0.2, 0.25) is 5.91 Å². The standard InChI is InChI=1S/C16H16FNOS2/c17-12-5-3-11-4-6-15(14(11)8-12)21-10-16(19)18-9-13-2-1-7-20-13/h1-3,5,7-8,15H,4,6,9-10H2,(H,18,19). The van der Waals surface area contributed by atoms with E-state index in [2.05, 4.69) is 5.32 Å². The van der Waals surface area contributed by atoms with Crippen LogP contribution in [0, 0.1) is 5.82 Å². The van der Waals surface area contributed by atoms with E-state index in [1.807, 2.05) is 23.6 Å². The van der Waals surface area contributed by atoms with E-state index in [1.54, 1.807) is 29.2 Å². The van der Waals surface area contributed by atoms with Gasteiger partial charge >= 0.3 is 0 Å². The summed E-state index contributed by atoms with van der Waals surface area (Å²) < 4.78 is 13.3. The quantitative estimate of drug-likeness (QED) is 0.904. The zero-order valence-electron chi connectivity index (χ0n) is 11.5. The van der Waals surface area contributed by atoms with Gasteiger partial charge in [-0.3, -0.25) is 4.79 Å². The van der Waals surface area contributed by atoms with E-state index in [0.29, 0.717) is 12.3 Å². The van der Waals surface area contributed by atoms with Crippen LogP contribution in [-0.4, -0.2) is 11.7 Å². The molecule has 1 aromatic carbocycles. The molecule has 21 heavy (non-hydrogen) atoms. The fourth-order valence-corrected chi connectivity index (χ4v) is 4.32. The molecule has 0 saturated heterocycles. The van der Waals surface area contributed by atoms with E-state index >= 15 is 0 Å². The van der Waals surface area contributed by atoms with E-state index < -0.39 is 0 Å². The molecular formula is C16H16FNOS2. The maximum absolute atomic E-state index is 13.3. The Morgan fingerprint density at radius 2 is 2.33 bits per heavy atom. The maximum Gasteiger partial charge on any atom is 0.230 e. The lowest BCUT2D eigenvalue weighted by atomic mass is 10.1. The summed E-state index contributed by atoms with van der Waals surface area (Å²) in [6.07, 6.45) is 1.96. The first-order chi connectivity index (χ1) is 10.2. The number of thiophene rings is 1.